The molecule has 0 aliphatic carbocycles. The molecule has 0 spiro atoms. The monoisotopic (exact) mass is 134 g/mol. The topological polar surface area (TPSA) is 114 Å². The highest BCUT2D eigenvalue weighted by Crippen LogP contribution is 1.93. The van der Waals surface area contributed by atoms with Crippen molar-refractivity contribution in [1.82, 2.24) is 16.3 Å². The van der Waals surface area contributed by atoms with Crippen LogP contribution in [0.2, 0.25) is 0 Å². The van der Waals surface area contributed by atoms with Gasteiger partial charge in [-0.25, -0.2) is 16.3 Å². The van der Waals surface area contributed by atoms with Crippen LogP contribution in [-0.4, -0.2) is 5.79 Å². The largest absolute Gasteiger partial charge is 0.269 e. The van der Waals surface area contributed by atoms with E-state index in [-0.39, 0.29) is 0 Å². The zero-order valence-electron chi connectivity index (χ0n) is 5.44. The van der Waals surface area contributed by atoms with Gasteiger partial charge in [0.1, 0.15) is 0 Å². The van der Waals surface area contributed by atoms with Crippen LogP contribution in [0, 0.1) is 0 Å². The molecule has 0 saturated heterocycles. The lowest BCUT2D eigenvalue weighted by Gasteiger charge is -2.29. The molecule has 0 bridgehead atoms. The minimum Gasteiger partial charge on any atom is -0.269 e. The van der Waals surface area contributed by atoms with Gasteiger partial charge in [0.15, 0.2) is 5.79 Å². The molecule has 0 amide bonds. The summed E-state index contributed by atoms with van der Waals surface area (Å²) in [5.74, 6) is 14.6. The number of hydrogen-bond acceptors (Lipinski definition) is 6. The Morgan fingerprint density at radius 1 is 1.11 bits per heavy atom. The van der Waals surface area contributed by atoms with Crippen molar-refractivity contribution in [2.45, 2.75) is 19.1 Å². The molecule has 0 heterocycles. The van der Waals surface area contributed by atoms with Gasteiger partial charge >= 0.3 is 0 Å². The lowest BCUT2D eigenvalue weighted by molar-refractivity contribution is 0.195. The average molecular weight is 134 g/mol. The fourth-order valence-corrected chi connectivity index (χ4v) is 0.431. The summed E-state index contributed by atoms with van der Waals surface area (Å²) < 4.78 is 0. The molecule has 0 rings (SSSR count). The van der Waals surface area contributed by atoms with Crippen LogP contribution >= 0.6 is 0 Å². The fraction of sp³-hybridized carbons (Fsp3) is 1.00. The van der Waals surface area contributed by atoms with E-state index in [1.807, 2.05) is 6.92 Å². The van der Waals surface area contributed by atoms with Gasteiger partial charge in [-0.2, -0.15) is 0 Å². The van der Waals surface area contributed by atoms with E-state index in [9.17, 15) is 0 Å². The first kappa shape index (κ1) is 8.76. The van der Waals surface area contributed by atoms with Crippen LogP contribution < -0.4 is 33.8 Å². The second-order valence-electron chi connectivity index (χ2n) is 1.69. The van der Waals surface area contributed by atoms with Gasteiger partial charge < -0.3 is 0 Å². The number of nitrogens with two attached hydrogens (primary N) is 3. The molecule has 6 nitrogen and oxygen atoms in total. The highest BCUT2D eigenvalue weighted by molar-refractivity contribution is 4.71. The van der Waals surface area contributed by atoms with Crippen molar-refractivity contribution in [1.29, 1.82) is 0 Å². The number of nitrogens with one attached hydrogen (secondary N) is 3. The number of rotatable bonds is 4. The van der Waals surface area contributed by atoms with E-state index in [1.165, 1.54) is 0 Å². The number of hydrazine groups is 3. The molecule has 0 unspecified atom stereocenters. The second kappa shape index (κ2) is 3.72. The van der Waals surface area contributed by atoms with Crippen molar-refractivity contribution in [3.63, 3.8) is 0 Å². The van der Waals surface area contributed by atoms with Crippen LogP contribution in [0.5, 0.6) is 0 Å². The third-order valence-electron chi connectivity index (χ3n) is 1.27. The minimum atomic E-state index is -0.750. The summed E-state index contributed by atoms with van der Waals surface area (Å²) in [6.07, 6.45) is 0.635. The van der Waals surface area contributed by atoms with Gasteiger partial charge in [0.25, 0.3) is 0 Å². The first-order chi connectivity index (χ1) is 4.24. The second-order valence-corrected chi connectivity index (χ2v) is 1.69. The SMILES string of the molecule is CCC(NN)(NN)NN. The molecule has 9 N–H and O–H groups in total. The quantitative estimate of drug-likeness (QED) is 0.143. The smallest absolute Gasteiger partial charge is 0.160 e. The van der Waals surface area contributed by atoms with Crippen molar-refractivity contribution < 1.29 is 0 Å². The molecule has 0 aromatic heterocycles. The van der Waals surface area contributed by atoms with Crippen molar-refractivity contribution in [3.8, 4) is 0 Å². The van der Waals surface area contributed by atoms with Crippen molar-refractivity contribution in [2.24, 2.45) is 17.5 Å². The maximum atomic E-state index is 5.10. The molecule has 0 fully saturated rings. The van der Waals surface area contributed by atoms with E-state index < -0.39 is 5.79 Å². The molecule has 0 aliphatic heterocycles. The van der Waals surface area contributed by atoms with Gasteiger partial charge in [-0.05, 0) is 6.42 Å². The third-order valence-corrected chi connectivity index (χ3v) is 1.27. The molecule has 0 aromatic rings. The van der Waals surface area contributed by atoms with Gasteiger partial charge in [-0.1, -0.05) is 6.92 Å². The molecule has 0 radical (unpaired) electrons. The van der Waals surface area contributed by atoms with Gasteiger partial charge in [-0.3, -0.25) is 17.5 Å². The Morgan fingerprint density at radius 2 is 1.44 bits per heavy atom. The van der Waals surface area contributed by atoms with Crippen LogP contribution in [0.3, 0.4) is 0 Å². The lowest BCUT2D eigenvalue weighted by atomic mass is 10.3. The maximum absolute atomic E-state index is 5.10. The first-order valence-electron chi connectivity index (χ1n) is 2.68. The van der Waals surface area contributed by atoms with E-state index in [4.69, 9.17) is 17.5 Å². The normalized spacial score (nSPS) is 12.0. The van der Waals surface area contributed by atoms with Crippen molar-refractivity contribution >= 4 is 0 Å². The van der Waals surface area contributed by atoms with Crippen LogP contribution in [0.1, 0.15) is 13.3 Å². The van der Waals surface area contributed by atoms with Gasteiger partial charge in [-0.15, -0.1) is 0 Å². The Morgan fingerprint density at radius 3 is 1.44 bits per heavy atom. The molecule has 0 saturated carbocycles. The standard InChI is InChI=1S/C3H14N6/c1-2-3(7-4,8-5)9-6/h7-9H,2,4-6H2,1H3. The Balaban J connectivity index is 3.82. The van der Waals surface area contributed by atoms with E-state index in [1.54, 1.807) is 0 Å². The molecular weight excluding hydrogens is 120 g/mol. The van der Waals surface area contributed by atoms with E-state index in [0.717, 1.165) is 0 Å². The van der Waals surface area contributed by atoms with Gasteiger partial charge in [0, 0.05) is 0 Å². The van der Waals surface area contributed by atoms with Gasteiger partial charge in [0.2, 0.25) is 0 Å². The highest BCUT2D eigenvalue weighted by atomic mass is 15.6. The first-order valence-corrected chi connectivity index (χ1v) is 2.68. The molecule has 9 heavy (non-hydrogen) atoms. The lowest BCUT2D eigenvalue weighted by Crippen LogP contribution is -2.72. The minimum absolute atomic E-state index is 0.635. The summed E-state index contributed by atoms with van der Waals surface area (Å²) in [5, 5.41) is 0. The molecular formula is C3H14N6. The summed E-state index contributed by atoms with van der Waals surface area (Å²) in [6.45, 7) is 1.87. The Bertz CT molecular complexity index is 51.2. The summed E-state index contributed by atoms with van der Waals surface area (Å²) >= 11 is 0. The summed E-state index contributed by atoms with van der Waals surface area (Å²) in [4.78, 5) is 0. The molecule has 56 valence electrons. The molecule has 6 heteroatoms. The zero-order valence-corrected chi connectivity index (χ0v) is 5.44. The Labute approximate surface area is 54.0 Å². The zero-order chi connectivity index (χ0) is 7.33. The maximum Gasteiger partial charge on any atom is 0.160 e. The predicted molar refractivity (Wildman–Crippen MR) is 35.0 cm³/mol. The van der Waals surface area contributed by atoms with Crippen molar-refractivity contribution in [3.05, 3.63) is 0 Å². The van der Waals surface area contributed by atoms with Gasteiger partial charge in [0.05, 0.1) is 0 Å². The summed E-state index contributed by atoms with van der Waals surface area (Å²) in [7, 11) is 0. The average Bonchev–Trinajstić information content (AvgIpc) is 1.95. The number of hydrogen-bond donors (Lipinski definition) is 6. The fourth-order valence-electron chi connectivity index (χ4n) is 0.431. The Kier molecular flexibility index (Phi) is 3.62. The van der Waals surface area contributed by atoms with E-state index in [0.29, 0.717) is 6.42 Å². The van der Waals surface area contributed by atoms with Crippen LogP contribution in [0.25, 0.3) is 0 Å². The van der Waals surface area contributed by atoms with E-state index in [2.05, 4.69) is 16.3 Å². The summed E-state index contributed by atoms with van der Waals surface area (Å²) in [5.41, 5.74) is 7.18. The predicted octanol–water partition coefficient (Wildman–Crippen LogP) is -2.56. The summed E-state index contributed by atoms with van der Waals surface area (Å²) in [6, 6.07) is 0. The Hall–Kier alpha value is -0.240. The van der Waals surface area contributed by atoms with Crippen LogP contribution in [0.4, 0.5) is 0 Å². The van der Waals surface area contributed by atoms with E-state index >= 15 is 0 Å². The van der Waals surface area contributed by atoms with Crippen LogP contribution in [0.15, 0.2) is 0 Å². The molecule has 0 atom stereocenters. The van der Waals surface area contributed by atoms with Crippen molar-refractivity contribution in [2.75, 3.05) is 0 Å². The van der Waals surface area contributed by atoms with Crippen LogP contribution in [-0.2, 0) is 0 Å². The highest BCUT2D eigenvalue weighted by Gasteiger charge is 2.21. The molecule has 0 aromatic carbocycles. The third kappa shape index (κ3) is 1.86. The molecule has 0 aliphatic rings.